The van der Waals surface area contributed by atoms with Crippen molar-refractivity contribution in [1.82, 2.24) is 9.80 Å². The van der Waals surface area contributed by atoms with Gasteiger partial charge in [-0.3, -0.25) is 9.59 Å². The van der Waals surface area contributed by atoms with Gasteiger partial charge in [0.15, 0.2) is 16.9 Å². The van der Waals surface area contributed by atoms with E-state index in [2.05, 4.69) is 4.90 Å². The Morgan fingerprint density at radius 2 is 1.74 bits per heavy atom. The van der Waals surface area contributed by atoms with E-state index in [1.807, 2.05) is 56.6 Å². The molecule has 1 aromatic heterocycles. The van der Waals surface area contributed by atoms with Crippen molar-refractivity contribution in [3.63, 3.8) is 0 Å². The van der Waals surface area contributed by atoms with Gasteiger partial charge >= 0.3 is 0 Å². The summed E-state index contributed by atoms with van der Waals surface area (Å²) in [7, 11) is 7.11. The van der Waals surface area contributed by atoms with E-state index in [0.717, 1.165) is 23.7 Å². The fourth-order valence-electron chi connectivity index (χ4n) is 4.99. The molecule has 1 atom stereocenters. The van der Waals surface area contributed by atoms with Gasteiger partial charge in [0, 0.05) is 17.5 Å². The molecule has 4 aromatic rings. The van der Waals surface area contributed by atoms with Crippen LogP contribution < -0.4 is 14.9 Å². The van der Waals surface area contributed by atoms with Gasteiger partial charge in [0.2, 0.25) is 5.76 Å². The second-order valence-corrected chi connectivity index (χ2v) is 8.98. The van der Waals surface area contributed by atoms with Crippen molar-refractivity contribution in [2.24, 2.45) is 0 Å². The number of fused-ring (bicyclic) bond motifs is 4. The summed E-state index contributed by atoms with van der Waals surface area (Å²) in [5.74, 6) is 0.839. The fourth-order valence-corrected chi connectivity index (χ4v) is 4.99. The number of methoxy groups -OCH3 is 2. The van der Waals surface area contributed by atoms with Gasteiger partial charge in [0.1, 0.15) is 5.58 Å². The SMILES string of the molecule is COc1cccc(C2c3c(oc4c(ccc5ccccc54)c3=O)C(=O)N2CCCN(C)C)c1OC. The maximum Gasteiger partial charge on any atom is 0.290 e. The highest BCUT2D eigenvalue weighted by Crippen LogP contribution is 2.44. The number of rotatable bonds is 7. The van der Waals surface area contributed by atoms with E-state index in [0.29, 0.717) is 40.1 Å². The average molecular weight is 473 g/mol. The highest BCUT2D eigenvalue weighted by atomic mass is 16.5. The van der Waals surface area contributed by atoms with Crippen molar-refractivity contribution in [2.75, 3.05) is 41.4 Å². The molecule has 1 aliphatic rings. The van der Waals surface area contributed by atoms with Gasteiger partial charge in [0.05, 0.1) is 31.2 Å². The Labute approximate surface area is 203 Å². The summed E-state index contributed by atoms with van der Waals surface area (Å²) in [6.07, 6.45) is 0.742. The van der Waals surface area contributed by atoms with Gasteiger partial charge in [-0.05, 0) is 44.6 Å². The molecule has 0 spiro atoms. The predicted octanol–water partition coefficient (Wildman–Crippen LogP) is 4.46. The maximum atomic E-state index is 14.0. The molecular weight excluding hydrogens is 444 g/mol. The van der Waals surface area contributed by atoms with E-state index in [9.17, 15) is 9.59 Å². The molecule has 180 valence electrons. The number of carbonyl (C=O) groups excluding carboxylic acids is 1. The fraction of sp³-hybridized carbons (Fsp3) is 0.286. The molecule has 0 fully saturated rings. The number of benzene rings is 3. The molecule has 5 rings (SSSR count). The number of nitrogens with zero attached hydrogens (tertiary/aromatic N) is 2. The molecule has 1 unspecified atom stereocenters. The summed E-state index contributed by atoms with van der Waals surface area (Å²) in [6.45, 7) is 1.26. The minimum atomic E-state index is -0.642. The van der Waals surface area contributed by atoms with Gasteiger partial charge in [-0.25, -0.2) is 0 Å². The highest BCUT2D eigenvalue weighted by Gasteiger charge is 2.44. The molecule has 35 heavy (non-hydrogen) atoms. The number of para-hydroxylation sites is 1. The third kappa shape index (κ3) is 3.72. The Kier molecular flexibility index (Phi) is 5.94. The Hall–Kier alpha value is -3.84. The first-order valence-electron chi connectivity index (χ1n) is 11.6. The summed E-state index contributed by atoms with van der Waals surface area (Å²) >= 11 is 0. The largest absolute Gasteiger partial charge is 0.493 e. The summed E-state index contributed by atoms with van der Waals surface area (Å²) in [6, 6.07) is 16.3. The van der Waals surface area contributed by atoms with Gasteiger partial charge in [0.25, 0.3) is 5.91 Å². The van der Waals surface area contributed by atoms with Crippen LogP contribution in [0.2, 0.25) is 0 Å². The molecule has 1 amide bonds. The number of ether oxygens (including phenoxy) is 2. The zero-order valence-corrected chi connectivity index (χ0v) is 20.3. The van der Waals surface area contributed by atoms with Crippen LogP contribution >= 0.6 is 0 Å². The topological polar surface area (TPSA) is 72.2 Å². The summed E-state index contributed by atoms with van der Waals surface area (Å²) in [4.78, 5) is 31.5. The summed E-state index contributed by atoms with van der Waals surface area (Å²) in [5, 5.41) is 2.21. The third-order valence-electron chi connectivity index (χ3n) is 6.59. The summed E-state index contributed by atoms with van der Waals surface area (Å²) in [5.41, 5.74) is 1.27. The van der Waals surface area contributed by atoms with Crippen molar-refractivity contribution < 1.29 is 18.7 Å². The van der Waals surface area contributed by atoms with Crippen LogP contribution in [0.15, 0.2) is 63.8 Å². The molecule has 0 N–H and O–H groups in total. The van der Waals surface area contributed by atoms with E-state index in [1.165, 1.54) is 0 Å². The van der Waals surface area contributed by atoms with Crippen LogP contribution in [0, 0.1) is 0 Å². The van der Waals surface area contributed by atoms with Crippen LogP contribution in [0.25, 0.3) is 21.7 Å². The molecule has 0 radical (unpaired) electrons. The normalized spacial score (nSPS) is 15.3. The molecule has 7 nitrogen and oxygen atoms in total. The van der Waals surface area contributed by atoms with Crippen molar-refractivity contribution in [3.8, 4) is 11.5 Å². The quantitative estimate of drug-likeness (QED) is 0.370. The first kappa shape index (κ1) is 22.9. The lowest BCUT2D eigenvalue weighted by Crippen LogP contribution is -2.32. The highest BCUT2D eigenvalue weighted by molar-refractivity contribution is 6.06. The Morgan fingerprint density at radius 3 is 2.49 bits per heavy atom. The van der Waals surface area contributed by atoms with Crippen LogP contribution in [0.3, 0.4) is 0 Å². The van der Waals surface area contributed by atoms with Crippen molar-refractivity contribution in [1.29, 1.82) is 0 Å². The monoisotopic (exact) mass is 472 g/mol. The molecule has 2 heterocycles. The van der Waals surface area contributed by atoms with Crippen LogP contribution in [0.4, 0.5) is 0 Å². The first-order chi connectivity index (χ1) is 17.0. The minimum Gasteiger partial charge on any atom is -0.493 e. The van der Waals surface area contributed by atoms with E-state index in [1.54, 1.807) is 31.3 Å². The number of amides is 1. The van der Waals surface area contributed by atoms with E-state index in [-0.39, 0.29) is 17.1 Å². The molecule has 0 saturated carbocycles. The van der Waals surface area contributed by atoms with Crippen LogP contribution in [-0.4, -0.2) is 57.1 Å². The van der Waals surface area contributed by atoms with Crippen molar-refractivity contribution >= 4 is 27.6 Å². The summed E-state index contributed by atoms with van der Waals surface area (Å²) < 4.78 is 17.5. The predicted molar refractivity (Wildman–Crippen MR) is 136 cm³/mol. The molecular formula is C28H28N2O5. The average Bonchev–Trinajstić information content (AvgIpc) is 3.14. The molecule has 0 bridgehead atoms. The molecule has 3 aromatic carbocycles. The van der Waals surface area contributed by atoms with E-state index in [4.69, 9.17) is 13.9 Å². The van der Waals surface area contributed by atoms with Crippen LogP contribution in [0.1, 0.15) is 34.1 Å². The Balaban J connectivity index is 1.77. The van der Waals surface area contributed by atoms with Gasteiger partial charge in [-0.15, -0.1) is 0 Å². The first-order valence-corrected chi connectivity index (χ1v) is 11.6. The lowest BCUT2D eigenvalue weighted by molar-refractivity contribution is 0.0720. The number of hydrogen-bond acceptors (Lipinski definition) is 6. The zero-order chi connectivity index (χ0) is 24.7. The smallest absolute Gasteiger partial charge is 0.290 e. The van der Waals surface area contributed by atoms with E-state index >= 15 is 0 Å². The number of hydrogen-bond donors (Lipinski definition) is 0. The number of carbonyl (C=O) groups is 1. The molecule has 0 aliphatic carbocycles. The Bertz CT molecular complexity index is 1490. The van der Waals surface area contributed by atoms with Gasteiger partial charge in [-0.1, -0.05) is 42.5 Å². The maximum absolute atomic E-state index is 14.0. The van der Waals surface area contributed by atoms with Crippen LogP contribution in [0.5, 0.6) is 11.5 Å². The molecule has 0 saturated heterocycles. The third-order valence-corrected chi connectivity index (χ3v) is 6.59. The second kappa shape index (κ2) is 9.07. The molecule has 1 aliphatic heterocycles. The second-order valence-electron chi connectivity index (χ2n) is 8.98. The minimum absolute atomic E-state index is 0.0959. The van der Waals surface area contributed by atoms with E-state index < -0.39 is 6.04 Å². The lowest BCUT2D eigenvalue weighted by atomic mass is 9.96. The molecule has 7 heteroatoms. The van der Waals surface area contributed by atoms with Crippen LogP contribution in [-0.2, 0) is 0 Å². The Morgan fingerprint density at radius 1 is 0.943 bits per heavy atom. The van der Waals surface area contributed by atoms with Crippen molar-refractivity contribution in [3.05, 3.63) is 81.7 Å². The van der Waals surface area contributed by atoms with Gasteiger partial charge < -0.3 is 23.7 Å². The standard InChI is InChI=1S/C28H28N2O5/c1-29(2)15-8-16-30-23(19-11-7-12-21(33-3)26(19)34-4)22-24(31)20-14-13-17-9-5-6-10-18(17)25(20)35-27(22)28(30)32/h5-7,9-14,23H,8,15-16H2,1-4H3. The van der Waals surface area contributed by atoms with Gasteiger partial charge in [-0.2, -0.15) is 0 Å². The van der Waals surface area contributed by atoms with Crippen molar-refractivity contribution in [2.45, 2.75) is 12.5 Å². The zero-order valence-electron chi connectivity index (χ0n) is 20.3. The lowest BCUT2D eigenvalue weighted by Gasteiger charge is -2.27.